The first kappa shape index (κ1) is 29.2. The maximum atomic E-state index is 13.3. The average Bonchev–Trinajstić information content (AvgIpc) is 3.36. The zero-order valence-corrected chi connectivity index (χ0v) is 24.7. The molecule has 11 heteroatoms. The van der Waals surface area contributed by atoms with Crippen LogP contribution in [0.3, 0.4) is 0 Å². The molecule has 1 amide bonds. The molecule has 2 atom stereocenters. The summed E-state index contributed by atoms with van der Waals surface area (Å²) in [5.41, 5.74) is 2.79. The van der Waals surface area contributed by atoms with Gasteiger partial charge in [0.1, 0.15) is 12.4 Å². The smallest absolute Gasteiger partial charge is 0.350 e. The zero-order chi connectivity index (χ0) is 29.1. The van der Waals surface area contributed by atoms with E-state index >= 15 is 0 Å². The highest BCUT2D eigenvalue weighted by atomic mass is 35.5. The summed E-state index contributed by atoms with van der Waals surface area (Å²) < 4.78 is 2.81. The Bertz CT molecular complexity index is 1560. The van der Waals surface area contributed by atoms with E-state index in [1.165, 1.54) is 15.6 Å². The lowest BCUT2D eigenvalue weighted by atomic mass is 10.0. The van der Waals surface area contributed by atoms with Gasteiger partial charge in [-0.1, -0.05) is 59.9 Å². The summed E-state index contributed by atoms with van der Waals surface area (Å²) in [5, 5.41) is 16.9. The minimum Gasteiger partial charge on any atom is -0.386 e. The van der Waals surface area contributed by atoms with Gasteiger partial charge in [0.2, 0.25) is 5.91 Å². The molecule has 1 aliphatic heterocycles. The van der Waals surface area contributed by atoms with Crippen molar-refractivity contribution in [1.82, 2.24) is 19.2 Å². The van der Waals surface area contributed by atoms with Crippen molar-refractivity contribution in [3.63, 3.8) is 0 Å². The first-order valence-electron chi connectivity index (χ1n) is 13.4. The zero-order valence-electron chi connectivity index (χ0n) is 22.5. The maximum Gasteiger partial charge on any atom is 0.350 e. The standard InChI is InChI=1S/C30H30Cl3N5O3/c1-2-27(29(40)20-3-6-22(31)7-4-20)38-30(41)37(19-34-38)25-11-9-24(10-12-25)35-13-15-36(16-14-35)28(39)17-21-5-8-23(32)18-26(21)33/h3-12,18-19,27,29,40H,2,13-17H2,1H3. The molecule has 2 heterocycles. The molecule has 1 aliphatic rings. The monoisotopic (exact) mass is 613 g/mol. The van der Waals surface area contributed by atoms with Crippen LogP contribution in [-0.4, -0.2) is 56.4 Å². The molecule has 5 rings (SSSR count). The quantitative estimate of drug-likeness (QED) is 0.281. The number of hydrogen-bond acceptors (Lipinski definition) is 5. The van der Waals surface area contributed by atoms with Gasteiger partial charge in [-0.3, -0.25) is 4.79 Å². The highest BCUT2D eigenvalue weighted by Crippen LogP contribution is 2.29. The Balaban J connectivity index is 1.22. The topological polar surface area (TPSA) is 83.6 Å². The molecule has 1 N–H and O–H groups in total. The van der Waals surface area contributed by atoms with E-state index in [-0.39, 0.29) is 18.0 Å². The molecular formula is C30H30Cl3N5O3. The van der Waals surface area contributed by atoms with Crippen LogP contribution in [0.1, 0.15) is 36.6 Å². The van der Waals surface area contributed by atoms with E-state index in [1.54, 1.807) is 42.5 Å². The summed E-state index contributed by atoms with van der Waals surface area (Å²) in [6.45, 7) is 4.50. The summed E-state index contributed by atoms with van der Waals surface area (Å²) in [7, 11) is 0. The first-order chi connectivity index (χ1) is 19.7. The minimum atomic E-state index is -0.908. The lowest BCUT2D eigenvalue weighted by Crippen LogP contribution is -2.49. The molecule has 41 heavy (non-hydrogen) atoms. The Kier molecular flexibility index (Phi) is 9.04. The number of aromatic nitrogens is 3. The fourth-order valence-corrected chi connectivity index (χ4v) is 5.71. The number of benzene rings is 3. The van der Waals surface area contributed by atoms with Crippen LogP contribution in [0.15, 0.2) is 77.9 Å². The van der Waals surface area contributed by atoms with Gasteiger partial charge >= 0.3 is 5.69 Å². The van der Waals surface area contributed by atoms with Crippen LogP contribution >= 0.6 is 34.8 Å². The second-order valence-electron chi connectivity index (χ2n) is 10.00. The van der Waals surface area contributed by atoms with Crippen molar-refractivity contribution in [1.29, 1.82) is 0 Å². The summed E-state index contributed by atoms with van der Waals surface area (Å²) >= 11 is 18.2. The van der Waals surface area contributed by atoms with Crippen molar-refractivity contribution in [2.24, 2.45) is 0 Å². The van der Waals surface area contributed by atoms with Crippen molar-refractivity contribution in [3.05, 3.63) is 110 Å². The van der Waals surface area contributed by atoms with Gasteiger partial charge in [-0.25, -0.2) is 14.0 Å². The lowest BCUT2D eigenvalue weighted by Gasteiger charge is -2.36. The van der Waals surface area contributed by atoms with Gasteiger partial charge in [-0.15, -0.1) is 0 Å². The number of rotatable bonds is 8. The maximum absolute atomic E-state index is 13.3. The molecule has 0 aliphatic carbocycles. The van der Waals surface area contributed by atoms with Crippen LogP contribution in [0, 0.1) is 0 Å². The second-order valence-corrected chi connectivity index (χ2v) is 11.3. The number of aliphatic hydroxyl groups is 1. The molecule has 214 valence electrons. The predicted octanol–water partition coefficient (Wildman–Crippen LogP) is 5.57. The molecule has 1 aromatic heterocycles. The molecular weight excluding hydrogens is 585 g/mol. The molecule has 3 aromatic carbocycles. The average molecular weight is 615 g/mol. The number of halogens is 3. The van der Waals surface area contributed by atoms with Gasteiger partial charge in [0, 0.05) is 46.9 Å². The third kappa shape index (κ3) is 6.46. The molecule has 0 spiro atoms. The van der Waals surface area contributed by atoms with Crippen molar-refractivity contribution < 1.29 is 9.90 Å². The van der Waals surface area contributed by atoms with Gasteiger partial charge in [0.25, 0.3) is 0 Å². The number of piperazine rings is 1. The van der Waals surface area contributed by atoms with Crippen LogP contribution in [-0.2, 0) is 11.2 Å². The number of hydrogen-bond donors (Lipinski definition) is 1. The summed E-state index contributed by atoms with van der Waals surface area (Å²) in [5.74, 6) is 0.0344. The fourth-order valence-electron chi connectivity index (χ4n) is 5.11. The van der Waals surface area contributed by atoms with Crippen molar-refractivity contribution in [2.45, 2.75) is 31.9 Å². The highest BCUT2D eigenvalue weighted by Gasteiger charge is 2.25. The highest BCUT2D eigenvalue weighted by molar-refractivity contribution is 6.35. The number of aliphatic hydroxyl groups excluding tert-OH is 1. The van der Waals surface area contributed by atoms with E-state index in [2.05, 4.69) is 10.00 Å². The van der Waals surface area contributed by atoms with Gasteiger partial charge in [0.05, 0.1) is 18.2 Å². The Morgan fingerprint density at radius 1 is 0.902 bits per heavy atom. The molecule has 1 fully saturated rings. The molecule has 0 bridgehead atoms. The van der Waals surface area contributed by atoms with E-state index in [0.29, 0.717) is 58.9 Å². The lowest BCUT2D eigenvalue weighted by molar-refractivity contribution is -0.130. The Morgan fingerprint density at radius 3 is 2.17 bits per heavy atom. The number of amides is 1. The number of anilines is 1. The number of carbonyl (C=O) groups excluding carboxylic acids is 1. The number of nitrogens with zero attached hydrogens (tertiary/aromatic N) is 5. The van der Waals surface area contributed by atoms with Crippen LogP contribution in [0.2, 0.25) is 15.1 Å². The van der Waals surface area contributed by atoms with E-state index in [9.17, 15) is 14.7 Å². The molecule has 2 unspecified atom stereocenters. The number of carbonyl (C=O) groups is 1. The van der Waals surface area contributed by atoms with Crippen LogP contribution in [0.25, 0.3) is 5.69 Å². The van der Waals surface area contributed by atoms with E-state index < -0.39 is 12.1 Å². The van der Waals surface area contributed by atoms with Gasteiger partial charge in [0.15, 0.2) is 0 Å². The Hall–Kier alpha value is -3.30. The first-order valence-corrected chi connectivity index (χ1v) is 14.6. The SMILES string of the molecule is CCC(C(O)c1ccc(Cl)cc1)n1ncn(-c2ccc(N3CCN(C(=O)Cc4ccc(Cl)cc4Cl)CC3)cc2)c1=O. The van der Waals surface area contributed by atoms with Gasteiger partial charge in [-0.05, 0) is 66.1 Å². The fraction of sp³-hybridized carbons (Fsp3) is 0.300. The van der Waals surface area contributed by atoms with E-state index in [0.717, 1.165) is 11.3 Å². The van der Waals surface area contributed by atoms with Crippen LogP contribution < -0.4 is 10.6 Å². The summed E-state index contributed by atoms with van der Waals surface area (Å²) in [6.07, 6.45) is 1.32. The van der Waals surface area contributed by atoms with E-state index in [1.807, 2.05) is 36.1 Å². The largest absolute Gasteiger partial charge is 0.386 e. The van der Waals surface area contributed by atoms with Gasteiger partial charge in [-0.2, -0.15) is 5.10 Å². The Labute approximate surface area is 253 Å². The van der Waals surface area contributed by atoms with E-state index in [4.69, 9.17) is 34.8 Å². The molecule has 0 radical (unpaired) electrons. The molecule has 1 saturated heterocycles. The summed E-state index contributed by atoms with van der Waals surface area (Å²) in [6, 6.07) is 19.3. The van der Waals surface area contributed by atoms with Crippen molar-refractivity contribution in [2.75, 3.05) is 31.1 Å². The minimum absolute atomic E-state index is 0.0344. The Morgan fingerprint density at radius 2 is 1.54 bits per heavy atom. The summed E-state index contributed by atoms with van der Waals surface area (Å²) in [4.78, 5) is 30.2. The predicted molar refractivity (Wildman–Crippen MR) is 163 cm³/mol. The molecule has 8 nitrogen and oxygen atoms in total. The second kappa shape index (κ2) is 12.7. The third-order valence-corrected chi connectivity index (χ3v) is 8.32. The molecule has 4 aromatic rings. The van der Waals surface area contributed by atoms with Crippen LogP contribution in [0.4, 0.5) is 5.69 Å². The van der Waals surface area contributed by atoms with Gasteiger partial charge < -0.3 is 14.9 Å². The normalized spacial score (nSPS) is 15.1. The molecule has 0 saturated carbocycles. The van der Waals surface area contributed by atoms with Crippen molar-refractivity contribution >= 4 is 46.4 Å². The third-order valence-electron chi connectivity index (χ3n) is 7.48. The van der Waals surface area contributed by atoms with Crippen molar-refractivity contribution in [3.8, 4) is 5.69 Å². The van der Waals surface area contributed by atoms with Crippen LogP contribution in [0.5, 0.6) is 0 Å².